The maximum Gasteiger partial charge on any atom is 0.270 e. The van der Waals surface area contributed by atoms with Gasteiger partial charge < -0.3 is 5.32 Å². The highest BCUT2D eigenvalue weighted by molar-refractivity contribution is 7.89. The summed E-state index contributed by atoms with van der Waals surface area (Å²) in [5.74, 6) is -1.60. The first-order chi connectivity index (χ1) is 9.75. The maximum atomic E-state index is 13.8. The van der Waals surface area contributed by atoms with Crippen LogP contribution in [0.4, 0.5) is 10.1 Å². The number of carbonyl (C=O) groups is 1. The van der Waals surface area contributed by atoms with Gasteiger partial charge in [0.05, 0.1) is 4.92 Å². The number of nitro benzene ring substituents is 1. The third-order valence-electron chi connectivity index (χ3n) is 3.16. The van der Waals surface area contributed by atoms with Gasteiger partial charge in [-0.1, -0.05) is 0 Å². The Balaban J connectivity index is 2.51. The van der Waals surface area contributed by atoms with E-state index in [-0.39, 0.29) is 13.1 Å². The lowest BCUT2D eigenvalue weighted by Gasteiger charge is -2.31. The molecule has 1 atom stereocenters. The molecule has 21 heavy (non-hydrogen) atoms. The summed E-state index contributed by atoms with van der Waals surface area (Å²) in [5.41, 5.74) is -0.538. The van der Waals surface area contributed by atoms with Gasteiger partial charge in [-0.05, 0) is 13.0 Å². The molecule has 1 fully saturated rings. The van der Waals surface area contributed by atoms with Crippen molar-refractivity contribution in [1.29, 1.82) is 0 Å². The molecular weight excluding hydrogens is 305 g/mol. The van der Waals surface area contributed by atoms with Gasteiger partial charge in [-0.15, -0.1) is 0 Å². The fourth-order valence-electron chi connectivity index (χ4n) is 2.02. The molecule has 0 saturated carbocycles. The Morgan fingerprint density at radius 3 is 2.76 bits per heavy atom. The summed E-state index contributed by atoms with van der Waals surface area (Å²) in [6, 6.07) is 1.24. The molecule has 0 aromatic heterocycles. The minimum Gasteiger partial charge on any atom is -0.353 e. The van der Waals surface area contributed by atoms with Gasteiger partial charge in [-0.3, -0.25) is 14.9 Å². The number of nitrogens with zero attached hydrogens (tertiary/aromatic N) is 2. The molecule has 0 radical (unpaired) electrons. The normalized spacial score (nSPS) is 20.1. The summed E-state index contributed by atoms with van der Waals surface area (Å²) >= 11 is 0. The minimum atomic E-state index is -4.34. The lowest BCUT2D eigenvalue weighted by atomic mass is 10.2. The van der Waals surface area contributed by atoms with Crippen molar-refractivity contribution >= 4 is 21.6 Å². The largest absolute Gasteiger partial charge is 0.353 e. The summed E-state index contributed by atoms with van der Waals surface area (Å²) in [7, 11) is -4.34. The van der Waals surface area contributed by atoms with Crippen LogP contribution in [-0.4, -0.2) is 42.7 Å². The maximum absolute atomic E-state index is 13.8. The van der Waals surface area contributed by atoms with Gasteiger partial charge in [0, 0.05) is 25.2 Å². The smallest absolute Gasteiger partial charge is 0.270 e. The molecule has 114 valence electrons. The number of non-ortho nitro benzene ring substituents is 1. The van der Waals surface area contributed by atoms with Crippen LogP contribution >= 0.6 is 0 Å². The number of piperazine rings is 1. The fourth-order valence-corrected chi connectivity index (χ4v) is 3.70. The number of benzene rings is 1. The number of carbonyl (C=O) groups excluding carboxylic acids is 1. The molecule has 10 heteroatoms. The van der Waals surface area contributed by atoms with E-state index < -0.39 is 43.3 Å². The van der Waals surface area contributed by atoms with Crippen LogP contribution in [0, 0.1) is 15.9 Å². The number of nitrogens with one attached hydrogen (secondary N) is 1. The van der Waals surface area contributed by atoms with E-state index in [0.29, 0.717) is 6.07 Å². The highest BCUT2D eigenvalue weighted by atomic mass is 32.2. The number of hydrogen-bond acceptors (Lipinski definition) is 5. The second-order valence-electron chi connectivity index (χ2n) is 4.45. The van der Waals surface area contributed by atoms with Crippen molar-refractivity contribution in [3.63, 3.8) is 0 Å². The Morgan fingerprint density at radius 1 is 1.48 bits per heavy atom. The predicted octanol–water partition coefficient (Wildman–Crippen LogP) is 0.243. The molecule has 0 bridgehead atoms. The van der Waals surface area contributed by atoms with Gasteiger partial charge >= 0.3 is 0 Å². The van der Waals surface area contributed by atoms with Crippen LogP contribution in [0.25, 0.3) is 0 Å². The van der Waals surface area contributed by atoms with E-state index in [1.807, 2.05) is 0 Å². The standard InChI is InChI=1S/C11H12FN3O5S/c1-7-11(16)13-4-5-14(7)21(19,20)10-6-8(15(17)18)2-3-9(10)12/h2-3,6-7H,4-5H2,1H3,(H,13,16). The van der Waals surface area contributed by atoms with Gasteiger partial charge in [-0.2, -0.15) is 4.31 Å². The van der Waals surface area contributed by atoms with Crippen molar-refractivity contribution in [2.75, 3.05) is 13.1 Å². The Hall–Kier alpha value is -2.07. The molecule has 0 spiro atoms. The van der Waals surface area contributed by atoms with Crippen molar-refractivity contribution in [2.45, 2.75) is 17.9 Å². The first-order valence-corrected chi connectivity index (χ1v) is 7.42. The van der Waals surface area contributed by atoms with E-state index in [9.17, 15) is 27.7 Å². The van der Waals surface area contributed by atoms with Crippen molar-refractivity contribution < 1.29 is 22.5 Å². The Bertz CT molecular complexity index is 706. The predicted molar refractivity (Wildman–Crippen MR) is 69.4 cm³/mol. The molecule has 1 aromatic carbocycles. The molecule has 1 unspecified atom stereocenters. The first-order valence-electron chi connectivity index (χ1n) is 5.98. The average molecular weight is 317 g/mol. The number of halogens is 1. The number of sulfonamides is 1. The van der Waals surface area contributed by atoms with Crippen LogP contribution in [-0.2, 0) is 14.8 Å². The molecule has 1 N–H and O–H groups in total. The molecule has 1 saturated heterocycles. The summed E-state index contributed by atoms with van der Waals surface area (Å²) in [5, 5.41) is 13.2. The Labute approximate surface area is 119 Å². The second kappa shape index (κ2) is 5.37. The number of amides is 1. The summed E-state index contributed by atoms with van der Waals surface area (Å²) in [4.78, 5) is 20.6. The zero-order valence-electron chi connectivity index (χ0n) is 10.9. The average Bonchev–Trinajstić information content (AvgIpc) is 2.41. The molecule has 8 nitrogen and oxygen atoms in total. The Kier molecular flexibility index (Phi) is 3.92. The van der Waals surface area contributed by atoms with Crippen molar-refractivity contribution in [3.05, 3.63) is 34.1 Å². The van der Waals surface area contributed by atoms with Crippen molar-refractivity contribution in [3.8, 4) is 0 Å². The topological polar surface area (TPSA) is 110 Å². The van der Waals surface area contributed by atoms with E-state index in [4.69, 9.17) is 0 Å². The third-order valence-corrected chi connectivity index (χ3v) is 5.14. The van der Waals surface area contributed by atoms with E-state index in [2.05, 4.69) is 5.32 Å². The van der Waals surface area contributed by atoms with Crippen LogP contribution in [0.15, 0.2) is 23.1 Å². The van der Waals surface area contributed by atoms with Gasteiger partial charge in [0.25, 0.3) is 5.69 Å². The van der Waals surface area contributed by atoms with Crippen LogP contribution in [0.5, 0.6) is 0 Å². The Morgan fingerprint density at radius 2 is 2.14 bits per heavy atom. The quantitative estimate of drug-likeness (QED) is 0.634. The molecule has 1 aliphatic heterocycles. The van der Waals surface area contributed by atoms with Crippen LogP contribution in [0.2, 0.25) is 0 Å². The highest BCUT2D eigenvalue weighted by Gasteiger charge is 2.37. The van der Waals surface area contributed by atoms with Crippen LogP contribution in [0.3, 0.4) is 0 Å². The molecule has 0 aliphatic carbocycles. The summed E-state index contributed by atoms with van der Waals surface area (Å²) < 4.78 is 39.5. The van der Waals surface area contributed by atoms with Gasteiger partial charge in [0.2, 0.25) is 15.9 Å². The lowest BCUT2D eigenvalue weighted by Crippen LogP contribution is -2.55. The third kappa shape index (κ3) is 2.72. The summed E-state index contributed by atoms with van der Waals surface area (Å²) in [6.07, 6.45) is 0. The first kappa shape index (κ1) is 15.3. The van der Waals surface area contributed by atoms with Crippen LogP contribution in [0.1, 0.15) is 6.92 Å². The van der Waals surface area contributed by atoms with E-state index in [0.717, 1.165) is 16.4 Å². The monoisotopic (exact) mass is 317 g/mol. The molecular formula is C11H12FN3O5S. The molecule has 2 rings (SSSR count). The zero-order valence-corrected chi connectivity index (χ0v) is 11.8. The fraction of sp³-hybridized carbons (Fsp3) is 0.364. The van der Waals surface area contributed by atoms with Gasteiger partial charge in [0.15, 0.2) is 0 Å². The van der Waals surface area contributed by atoms with E-state index >= 15 is 0 Å². The summed E-state index contributed by atoms with van der Waals surface area (Å²) in [6.45, 7) is 1.43. The van der Waals surface area contributed by atoms with Gasteiger partial charge in [-0.25, -0.2) is 12.8 Å². The molecule has 1 aliphatic rings. The number of rotatable bonds is 3. The van der Waals surface area contributed by atoms with E-state index in [1.54, 1.807) is 0 Å². The number of nitro groups is 1. The number of hydrogen-bond donors (Lipinski definition) is 1. The highest BCUT2D eigenvalue weighted by Crippen LogP contribution is 2.26. The minimum absolute atomic E-state index is 0.0304. The van der Waals surface area contributed by atoms with Gasteiger partial charge in [0.1, 0.15) is 16.8 Å². The molecule has 1 heterocycles. The van der Waals surface area contributed by atoms with Crippen molar-refractivity contribution in [2.24, 2.45) is 0 Å². The van der Waals surface area contributed by atoms with Crippen LogP contribution < -0.4 is 5.32 Å². The second-order valence-corrected chi connectivity index (χ2v) is 6.31. The SMILES string of the molecule is CC1C(=O)NCCN1S(=O)(=O)c1cc([N+](=O)[O-])ccc1F. The molecule has 1 aromatic rings. The molecule has 1 amide bonds. The lowest BCUT2D eigenvalue weighted by molar-refractivity contribution is -0.385. The van der Waals surface area contributed by atoms with E-state index in [1.165, 1.54) is 6.92 Å². The van der Waals surface area contributed by atoms with Crippen molar-refractivity contribution in [1.82, 2.24) is 9.62 Å². The zero-order chi connectivity index (χ0) is 15.8.